The van der Waals surface area contributed by atoms with Crippen LogP contribution in [0.4, 0.5) is 0 Å². The van der Waals surface area contributed by atoms with Gasteiger partial charge in [-0.1, -0.05) is 25.4 Å². The van der Waals surface area contributed by atoms with Crippen LogP contribution in [-0.4, -0.2) is 5.60 Å². The molecule has 1 aromatic rings. The van der Waals surface area contributed by atoms with Gasteiger partial charge < -0.3 is 10.5 Å². The van der Waals surface area contributed by atoms with E-state index in [2.05, 4.69) is 20.8 Å². The number of nitrogens with two attached hydrogens (primary N) is 1. The lowest BCUT2D eigenvalue weighted by Gasteiger charge is -2.40. The highest BCUT2D eigenvalue weighted by Crippen LogP contribution is 2.41. The Morgan fingerprint density at radius 3 is 2.88 bits per heavy atom. The van der Waals surface area contributed by atoms with Crippen LogP contribution in [0.3, 0.4) is 0 Å². The molecule has 0 aromatic heterocycles. The van der Waals surface area contributed by atoms with Gasteiger partial charge in [0.15, 0.2) is 0 Å². The molecule has 1 heterocycles. The molecule has 94 valence electrons. The normalized spacial score (nSPS) is 27.8. The van der Waals surface area contributed by atoms with E-state index in [4.69, 9.17) is 22.1 Å². The van der Waals surface area contributed by atoms with E-state index >= 15 is 0 Å². The maximum absolute atomic E-state index is 6.23. The maximum Gasteiger partial charge on any atom is 0.125 e. The number of ether oxygens (including phenoxy) is 1. The third-order valence-electron chi connectivity index (χ3n) is 3.22. The number of fused-ring (bicyclic) bond motifs is 1. The molecule has 0 radical (unpaired) electrons. The Hall–Kier alpha value is -0.730. The van der Waals surface area contributed by atoms with Gasteiger partial charge in [-0.05, 0) is 37.5 Å². The monoisotopic (exact) mass is 253 g/mol. The molecule has 2 atom stereocenters. The van der Waals surface area contributed by atoms with Crippen LogP contribution >= 0.6 is 11.6 Å². The van der Waals surface area contributed by atoms with Crippen molar-refractivity contribution < 1.29 is 4.74 Å². The van der Waals surface area contributed by atoms with Gasteiger partial charge in [-0.15, -0.1) is 0 Å². The first kappa shape index (κ1) is 12.7. The van der Waals surface area contributed by atoms with Crippen LogP contribution in [0.15, 0.2) is 18.2 Å². The van der Waals surface area contributed by atoms with E-state index in [-0.39, 0.29) is 11.6 Å². The summed E-state index contributed by atoms with van der Waals surface area (Å²) in [7, 11) is 0. The molecule has 1 aliphatic rings. The second-order valence-electron chi connectivity index (χ2n) is 5.64. The second kappa shape index (κ2) is 4.51. The molecule has 2 nitrogen and oxygen atoms in total. The Morgan fingerprint density at radius 2 is 2.24 bits per heavy atom. The summed E-state index contributed by atoms with van der Waals surface area (Å²) in [6, 6.07) is 5.71. The maximum atomic E-state index is 6.23. The Kier molecular flexibility index (Phi) is 3.37. The average Bonchev–Trinajstić information content (AvgIpc) is 2.17. The second-order valence-corrected chi connectivity index (χ2v) is 6.08. The Morgan fingerprint density at radius 1 is 1.53 bits per heavy atom. The van der Waals surface area contributed by atoms with Crippen LogP contribution < -0.4 is 10.5 Å². The summed E-state index contributed by atoms with van der Waals surface area (Å²) in [6.07, 6.45) is 1.86. The zero-order chi connectivity index (χ0) is 12.6. The van der Waals surface area contributed by atoms with Gasteiger partial charge in [0.25, 0.3) is 0 Å². The number of benzene rings is 1. The molecular weight excluding hydrogens is 234 g/mol. The molecular formula is C14H20ClNO. The summed E-state index contributed by atoms with van der Waals surface area (Å²) in [5.41, 5.74) is 7.10. The van der Waals surface area contributed by atoms with Gasteiger partial charge in [-0.25, -0.2) is 0 Å². The zero-order valence-electron chi connectivity index (χ0n) is 10.7. The predicted octanol–water partition coefficient (Wildman–Crippen LogP) is 3.93. The van der Waals surface area contributed by atoms with Crippen molar-refractivity contribution in [2.45, 2.75) is 45.3 Å². The Bertz CT molecular complexity index is 419. The van der Waals surface area contributed by atoms with E-state index in [0.717, 1.165) is 29.2 Å². The summed E-state index contributed by atoms with van der Waals surface area (Å²) >= 11 is 5.99. The number of hydrogen-bond donors (Lipinski definition) is 1. The van der Waals surface area contributed by atoms with E-state index in [1.54, 1.807) is 0 Å². The van der Waals surface area contributed by atoms with Crippen molar-refractivity contribution in [2.24, 2.45) is 11.7 Å². The molecule has 0 aliphatic carbocycles. The molecule has 17 heavy (non-hydrogen) atoms. The third kappa shape index (κ3) is 2.75. The fourth-order valence-electron chi connectivity index (χ4n) is 2.77. The van der Waals surface area contributed by atoms with Gasteiger partial charge in [0.1, 0.15) is 11.4 Å². The van der Waals surface area contributed by atoms with Crippen LogP contribution in [-0.2, 0) is 0 Å². The first-order valence-corrected chi connectivity index (χ1v) is 6.51. The summed E-state index contributed by atoms with van der Waals surface area (Å²) in [5.74, 6) is 1.48. The van der Waals surface area contributed by atoms with Crippen LogP contribution in [0.25, 0.3) is 0 Å². The van der Waals surface area contributed by atoms with E-state index in [9.17, 15) is 0 Å². The first-order chi connectivity index (χ1) is 7.89. The lowest BCUT2D eigenvalue weighted by molar-refractivity contribution is 0.0341. The minimum atomic E-state index is -0.158. The van der Waals surface area contributed by atoms with Crippen molar-refractivity contribution in [1.29, 1.82) is 0 Å². The molecule has 2 N–H and O–H groups in total. The van der Waals surface area contributed by atoms with Crippen LogP contribution in [0.2, 0.25) is 5.02 Å². The largest absolute Gasteiger partial charge is 0.487 e. The lowest BCUT2D eigenvalue weighted by atomic mass is 9.83. The topological polar surface area (TPSA) is 35.2 Å². The Labute approximate surface area is 108 Å². The highest BCUT2D eigenvalue weighted by molar-refractivity contribution is 6.30. The van der Waals surface area contributed by atoms with E-state index in [1.165, 1.54) is 0 Å². The third-order valence-corrected chi connectivity index (χ3v) is 3.45. The highest BCUT2D eigenvalue weighted by Gasteiger charge is 2.36. The van der Waals surface area contributed by atoms with Gasteiger partial charge in [-0.3, -0.25) is 0 Å². The minimum Gasteiger partial charge on any atom is -0.487 e. The van der Waals surface area contributed by atoms with Gasteiger partial charge in [0.05, 0.1) is 0 Å². The number of halogens is 1. The molecule has 2 rings (SSSR count). The molecule has 0 saturated heterocycles. The van der Waals surface area contributed by atoms with Crippen molar-refractivity contribution >= 4 is 11.6 Å². The van der Waals surface area contributed by atoms with Gasteiger partial charge in [-0.2, -0.15) is 0 Å². The molecule has 1 aromatic carbocycles. The molecule has 3 heteroatoms. The summed E-state index contributed by atoms with van der Waals surface area (Å²) in [6.45, 7) is 6.55. The van der Waals surface area contributed by atoms with Crippen molar-refractivity contribution in [2.75, 3.05) is 0 Å². The quantitative estimate of drug-likeness (QED) is 0.867. The molecule has 1 aliphatic heterocycles. The van der Waals surface area contributed by atoms with Crippen molar-refractivity contribution in [3.05, 3.63) is 28.8 Å². The first-order valence-electron chi connectivity index (χ1n) is 6.14. The summed E-state index contributed by atoms with van der Waals surface area (Å²) < 4.78 is 6.12. The molecule has 0 fully saturated rings. The SMILES string of the molecule is CC(C)CC1(C)CC(N)c2cc(Cl)ccc2O1. The summed E-state index contributed by atoms with van der Waals surface area (Å²) in [4.78, 5) is 0. The van der Waals surface area contributed by atoms with E-state index in [1.807, 2.05) is 18.2 Å². The van der Waals surface area contributed by atoms with Crippen molar-refractivity contribution in [3.8, 4) is 5.75 Å². The summed E-state index contributed by atoms with van der Waals surface area (Å²) in [5, 5.41) is 0.718. The zero-order valence-corrected chi connectivity index (χ0v) is 11.4. The van der Waals surface area contributed by atoms with Gasteiger partial charge >= 0.3 is 0 Å². The van der Waals surface area contributed by atoms with E-state index < -0.39 is 0 Å². The number of hydrogen-bond acceptors (Lipinski definition) is 2. The fraction of sp³-hybridized carbons (Fsp3) is 0.571. The molecule has 0 bridgehead atoms. The van der Waals surface area contributed by atoms with Crippen LogP contribution in [0.1, 0.15) is 45.2 Å². The highest BCUT2D eigenvalue weighted by atomic mass is 35.5. The molecule has 0 amide bonds. The fourth-order valence-corrected chi connectivity index (χ4v) is 2.95. The van der Waals surface area contributed by atoms with Gasteiger partial charge in [0.2, 0.25) is 0 Å². The van der Waals surface area contributed by atoms with E-state index in [0.29, 0.717) is 5.92 Å². The van der Waals surface area contributed by atoms with Gasteiger partial charge in [0, 0.05) is 23.0 Å². The van der Waals surface area contributed by atoms with Crippen molar-refractivity contribution in [1.82, 2.24) is 0 Å². The number of rotatable bonds is 2. The van der Waals surface area contributed by atoms with Crippen molar-refractivity contribution in [3.63, 3.8) is 0 Å². The minimum absolute atomic E-state index is 0.0150. The average molecular weight is 254 g/mol. The molecule has 0 spiro atoms. The molecule has 0 saturated carbocycles. The Balaban J connectivity index is 2.30. The molecule has 2 unspecified atom stereocenters. The predicted molar refractivity (Wildman–Crippen MR) is 71.5 cm³/mol. The smallest absolute Gasteiger partial charge is 0.125 e. The van der Waals surface area contributed by atoms with Crippen LogP contribution in [0, 0.1) is 5.92 Å². The van der Waals surface area contributed by atoms with Crippen LogP contribution in [0.5, 0.6) is 5.75 Å². The standard InChI is InChI=1S/C14H20ClNO/c1-9(2)7-14(3)8-12(16)11-6-10(15)4-5-13(11)17-14/h4-6,9,12H,7-8,16H2,1-3H3. The lowest BCUT2D eigenvalue weighted by Crippen LogP contribution is -2.41.